The number of aromatic nitrogens is 3. The number of amides is 1. The second-order valence-corrected chi connectivity index (χ2v) is 9.75. The molecule has 4 aromatic rings. The van der Waals surface area contributed by atoms with Gasteiger partial charge in [-0.15, -0.1) is 10.2 Å². The molecule has 0 aliphatic carbocycles. The maximum atomic E-state index is 12.3. The van der Waals surface area contributed by atoms with Crippen molar-refractivity contribution in [3.05, 3.63) is 93.3 Å². The Balaban J connectivity index is 1.44. The molecule has 0 saturated heterocycles. The first-order chi connectivity index (χ1) is 17.0. The standard InChI is InChI=1S/C25H23IN6O2S/c1-17-12-19(26)10-11-22(17)27-15-23-29-31-25(32(23)20-7-3-2-4-8-20)35-16-24(34)30-28-14-18-6-5-9-21(33)13-18/h2-14,27,33H,15-16H2,1H3,(H,30,34). The molecule has 0 aliphatic heterocycles. The summed E-state index contributed by atoms with van der Waals surface area (Å²) >= 11 is 3.58. The van der Waals surface area contributed by atoms with E-state index in [1.807, 2.05) is 34.9 Å². The number of thioether (sulfide) groups is 1. The highest BCUT2D eigenvalue weighted by Gasteiger charge is 2.16. The number of nitrogens with one attached hydrogen (secondary N) is 2. The van der Waals surface area contributed by atoms with Gasteiger partial charge in [0, 0.05) is 14.9 Å². The van der Waals surface area contributed by atoms with Gasteiger partial charge in [0.05, 0.1) is 18.5 Å². The van der Waals surface area contributed by atoms with E-state index < -0.39 is 0 Å². The number of phenols is 1. The summed E-state index contributed by atoms with van der Waals surface area (Å²) in [4.78, 5) is 12.3. The van der Waals surface area contributed by atoms with E-state index in [-0.39, 0.29) is 17.4 Å². The minimum atomic E-state index is -0.275. The predicted molar refractivity (Wildman–Crippen MR) is 147 cm³/mol. The Morgan fingerprint density at radius 2 is 1.94 bits per heavy atom. The third-order valence-corrected chi connectivity index (χ3v) is 6.55. The topological polar surface area (TPSA) is 104 Å². The van der Waals surface area contributed by atoms with Crippen molar-refractivity contribution in [1.29, 1.82) is 0 Å². The number of phenolic OH excluding ortho intramolecular Hbond substituents is 1. The average molecular weight is 598 g/mol. The Kier molecular flexibility index (Phi) is 8.37. The van der Waals surface area contributed by atoms with Gasteiger partial charge in [-0.2, -0.15) is 5.10 Å². The number of carbonyl (C=O) groups excluding carboxylic acids is 1. The molecule has 3 aromatic carbocycles. The van der Waals surface area contributed by atoms with Gasteiger partial charge < -0.3 is 10.4 Å². The highest BCUT2D eigenvalue weighted by atomic mass is 127. The van der Waals surface area contributed by atoms with Gasteiger partial charge in [-0.05, 0) is 83.1 Å². The summed E-state index contributed by atoms with van der Waals surface area (Å²) in [5, 5.41) is 26.2. The molecule has 1 amide bonds. The summed E-state index contributed by atoms with van der Waals surface area (Å²) in [7, 11) is 0. The second kappa shape index (κ2) is 11.8. The van der Waals surface area contributed by atoms with Crippen molar-refractivity contribution in [1.82, 2.24) is 20.2 Å². The van der Waals surface area contributed by atoms with Crippen molar-refractivity contribution in [2.24, 2.45) is 5.10 Å². The zero-order valence-corrected chi connectivity index (χ0v) is 21.8. The molecule has 0 fully saturated rings. The zero-order chi connectivity index (χ0) is 24.6. The van der Waals surface area contributed by atoms with E-state index in [9.17, 15) is 9.90 Å². The fourth-order valence-electron chi connectivity index (χ4n) is 3.29. The van der Waals surface area contributed by atoms with Crippen molar-refractivity contribution >= 4 is 52.2 Å². The number of rotatable bonds is 9. The van der Waals surface area contributed by atoms with Crippen molar-refractivity contribution < 1.29 is 9.90 Å². The molecule has 1 aromatic heterocycles. The smallest absolute Gasteiger partial charge is 0.250 e. The fourth-order valence-corrected chi connectivity index (χ4v) is 4.70. The second-order valence-electron chi connectivity index (χ2n) is 7.56. The number of halogens is 1. The van der Waals surface area contributed by atoms with Crippen LogP contribution in [0.1, 0.15) is 17.0 Å². The monoisotopic (exact) mass is 598 g/mol. The number of aryl methyl sites for hydroxylation is 1. The van der Waals surface area contributed by atoms with Crippen LogP contribution in [0.5, 0.6) is 5.75 Å². The lowest BCUT2D eigenvalue weighted by Crippen LogP contribution is -2.20. The molecule has 10 heteroatoms. The zero-order valence-electron chi connectivity index (χ0n) is 18.9. The maximum Gasteiger partial charge on any atom is 0.250 e. The number of hydrogen-bond donors (Lipinski definition) is 3. The lowest BCUT2D eigenvalue weighted by molar-refractivity contribution is -0.118. The summed E-state index contributed by atoms with van der Waals surface area (Å²) in [6.07, 6.45) is 1.48. The Morgan fingerprint density at radius 1 is 1.11 bits per heavy atom. The third-order valence-electron chi connectivity index (χ3n) is 4.95. The molecule has 0 aliphatic rings. The van der Waals surface area contributed by atoms with Crippen molar-refractivity contribution in [3.8, 4) is 11.4 Å². The van der Waals surface area contributed by atoms with Crippen LogP contribution in [0.25, 0.3) is 5.69 Å². The molecule has 0 atom stereocenters. The van der Waals surface area contributed by atoms with Crippen LogP contribution >= 0.6 is 34.4 Å². The predicted octanol–water partition coefficient (Wildman–Crippen LogP) is 4.74. The van der Waals surface area contributed by atoms with Crippen LogP contribution in [-0.4, -0.2) is 37.7 Å². The summed E-state index contributed by atoms with van der Waals surface area (Å²) < 4.78 is 3.13. The fraction of sp³-hybridized carbons (Fsp3) is 0.120. The summed E-state index contributed by atoms with van der Waals surface area (Å²) in [5.41, 5.74) is 6.29. The molecule has 0 unspecified atom stereocenters. The lowest BCUT2D eigenvalue weighted by atomic mass is 10.2. The van der Waals surface area contributed by atoms with E-state index in [2.05, 4.69) is 73.8 Å². The first-order valence-corrected chi connectivity index (χ1v) is 12.8. The molecule has 3 N–H and O–H groups in total. The molecule has 4 rings (SSSR count). The van der Waals surface area contributed by atoms with Gasteiger partial charge in [0.1, 0.15) is 5.75 Å². The quantitative estimate of drug-likeness (QED) is 0.111. The number of benzene rings is 3. The minimum absolute atomic E-state index is 0.117. The van der Waals surface area contributed by atoms with Gasteiger partial charge in [-0.25, -0.2) is 5.43 Å². The first-order valence-electron chi connectivity index (χ1n) is 10.7. The van der Waals surface area contributed by atoms with Crippen molar-refractivity contribution in [2.45, 2.75) is 18.6 Å². The molecule has 178 valence electrons. The molecular weight excluding hydrogens is 575 g/mol. The number of hydrogen-bond acceptors (Lipinski definition) is 7. The molecule has 8 nitrogen and oxygen atoms in total. The van der Waals surface area contributed by atoms with Crippen molar-refractivity contribution in [2.75, 3.05) is 11.1 Å². The van der Waals surface area contributed by atoms with E-state index in [4.69, 9.17) is 0 Å². The molecule has 1 heterocycles. The van der Waals surface area contributed by atoms with Crippen LogP contribution in [0.3, 0.4) is 0 Å². The molecule has 0 bridgehead atoms. The minimum Gasteiger partial charge on any atom is -0.508 e. The van der Waals surface area contributed by atoms with E-state index in [0.717, 1.165) is 22.8 Å². The van der Waals surface area contributed by atoms with Crippen molar-refractivity contribution in [3.63, 3.8) is 0 Å². The van der Waals surface area contributed by atoms with Gasteiger partial charge in [0.15, 0.2) is 11.0 Å². The number of para-hydroxylation sites is 1. The van der Waals surface area contributed by atoms with E-state index in [1.165, 1.54) is 21.5 Å². The molecule has 35 heavy (non-hydrogen) atoms. The molecule has 0 spiro atoms. The van der Waals surface area contributed by atoms with Crippen LogP contribution < -0.4 is 10.7 Å². The Labute approximate surface area is 221 Å². The van der Waals surface area contributed by atoms with E-state index in [0.29, 0.717) is 17.3 Å². The van der Waals surface area contributed by atoms with Crippen LogP contribution in [0.2, 0.25) is 0 Å². The van der Waals surface area contributed by atoms with Crippen LogP contribution in [-0.2, 0) is 11.3 Å². The SMILES string of the molecule is Cc1cc(I)ccc1NCc1nnc(SCC(=O)NN=Cc2cccc(O)c2)n1-c1ccccc1. The van der Waals surface area contributed by atoms with Gasteiger partial charge in [0.25, 0.3) is 5.91 Å². The highest BCUT2D eigenvalue weighted by Crippen LogP contribution is 2.24. The highest BCUT2D eigenvalue weighted by molar-refractivity contribution is 14.1. The normalized spacial score (nSPS) is 11.0. The third kappa shape index (κ3) is 6.83. The average Bonchev–Trinajstić information content (AvgIpc) is 3.25. The summed E-state index contributed by atoms with van der Waals surface area (Å²) in [6, 6.07) is 22.6. The largest absolute Gasteiger partial charge is 0.508 e. The van der Waals surface area contributed by atoms with Crippen LogP contribution in [0.4, 0.5) is 5.69 Å². The number of hydrazone groups is 1. The van der Waals surface area contributed by atoms with E-state index in [1.54, 1.807) is 24.3 Å². The lowest BCUT2D eigenvalue weighted by Gasteiger charge is -2.12. The first kappa shape index (κ1) is 24.7. The molecular formula is C25H23IN6O2S. The summed E-state index contributed by atoms with van der Waals surface area (Å²) in [6.45, 7) is 2.54. The van der Waals surface area contributed by atoms with E-state index >= 15 is 0 Å². The van der Waals surface area contributed by atoms with Gasteiger partial charge in [0.2, 0.25) is 0 Å². The molecule has 0 radical (unpaired) electrons. The number of carbonyl (C=O) groups is 1. The maximum absolute atomic E-state index is 12.3. The van der Waals surface area contributed by atoms with Gasteiger partial charge >= 0.3 is 0 Å². The Hall–Kier alpha value is -3.38. The molecule has 0 saturated carbocycles. The summed E-state index contributed by atoms with van der Waals surface area (Å²) in [5.74, 6) is 0.715. The number of nitrogens with zero attached hydrogens (tertiary/aromatic N) is 4. The van der Waals surface area contributed by atoms with Crippen LogP contribution in [0.15, 0.2) is 83.1 Å². The Bertz CT molecular complexity index is 1340. The van der Waals surface area contributed by atoms with Gasteiger partial charge in [-0.1, -0.05) is 42.1 Å². The Morgan fingerprint density at radius 3 is 2.71 bits per heavy atom. The number of anilines is 1. The number of aromatic hydroxyl groups is 1. The van der Waals surface area contributed by atoms with Crippen LogP contribution in [0, 0.1) is 10.5 Å². The van der Waals surface area contributed by atoms with Gasteiger partial charge in [-0.3, -0.25) is 9.36 Å².